The highest BCUT2D eigenvalue weighted by Crippen LogP contribution is 2.11. The second-order valence-electron chi connectivity index (χ2n) is 2.66. The monoisotopic (exact) mass is 186 g/mol. The lowest BCUT2D eigenvalue weighted by atomic mass is 10.2. The smallest absolute Gasteiger partial charge is 0.268 e. The van der Waals surface area contributed by atoms with Gasteiger partial charge in [0.1, 0.15) is 0 Å². The van der Waals surface area contributed by atoms with E-state index in [1.165, 1.54) is 4.68 Å². The summed E-state index contributed by atoms with van der Waals surface area (Å²) in [6.07, 6.45) is 0. The SMILES string of the molecule is CCn1nc(Cl)c(C)c(C)c1=O. The summed E-state index contributed by atoms with van der Waals surface area (Å²) in [7, 11) is 0. The van der Waals surface area contributed by atoms with Crippen LogP contribution in [0.2, 0.25) is 5.15 Å². The van der Waals surface area contributed by atoms with Crippen LogP contribution < -0.4 is 5.56 Å². The molecule has 4 heteroatoms. The lowest BCUT2D eigenvalue weighted by molar-refractivity contribution is 0.608. The molecule has 1 aromatic heterocycles. The van der Waals surface area contributed by atoms with Crippen LogP contribution in [0.3, 0.4) is 0 Å². The van der Waals surface area contributed by atoms with Crippen LogP contribution in [-0.4, -0.2) is 9.78 Å². The number of rotatable bonds is 1. The molecular formula is C8H11ClN2O. The third-order valence-corrected chi connectivity index (χ3v) is 2.29. The number of aromatic nitrogens is 2. The van der Waals surface area contributed by atoms with Crippen LogP contribution in [0.25, 0.3) is 0 Å². The van der Waals surface area contributed by atoms with Crippen LogP contribution in [0.4, 0.5) is 0 Å². The molecule has 0 atom stereocenters. The van der Waals surface area contributed by atoms with Gasteiger partial charge >= 0.3 is 0 Å². The molecule has 66 valence electrons. The number of hydrogen-bond acceptors (Lipinski definition) is 2. The van der Waals surface area contributed by atoms with Crippen molar-refractivity contribution in [2.45, 2.75) is 27.3 Å². The Labute approximate surface area is 76.0 Å². The fourth-order valence-corrected chi connectivity index (χ4v) is 1.18. The van der Waals surface area contributed by atoms with E-state index in [1.807, 2.05) is 6.92 Å². The van der Waals surface area contributed by atoms with Gasteiger partial charge in [0.05, 0.1) is 0 Å². The first-order valence-electron chi connectivity index (χ1n) is 3.81. The van der Waals surface area contributed by atoms with Crippen LogP contribution in [0, 0.1) is 13.8 Å². The van der Waals surface area contributed by atoms with Crippen molar-refractivity contribution in [3.05, 3.63) is 26.6 Å². The standard InChI is InChI=1S/C8H11ClN2O/c1-4-11-8(12)6(3)5(2)7(9)10-11/h4H2,1-3H3. The second-order valence-corrected chi connectivity index (χ2v) is 3.02. The topological polar surface area (TPSA) is 34.9 Å². The van der Waals surface area contributed by atoms with Crippen molar-refractivity contribution in [1.82, 2.24) is 9.78 Å². The summed E-state index contributed by atoms with van der Waals surface area (Å²) in [6.45, 7) is 5.97. The summed E-state index contributed by atoms with van der Waals surface area (Å²) < 4.78 is 1.37. The Morgan fingerprint density at radius 2 is 2.00 bits per heavy atom. The molecule has 1 rings (SSSR count). The maximum Gasteiger partial charge on any atom is 0.270 e. The summed E-state index contributed by atoms with van der Waals surface area (Å²) in [5.41, 5.74) is 1.39. The Bertz CT molecular complexity index is 357. The van der Waals surface area contributed by atoms with Crippen LogP contribution in [0.1, 0.15) is 18.1 Å². The average molecular weight is 187 g/mol. The maximum atomic E-state index is 11.4. The maximum absolute atomic E-state index is 11.4. The van der Waals surface area contributed by atoms with Crippen molar-refractivity contribution < 1.29 is 0 Å². The van der Waals surface area contributed by atoms with Gasteiger partial charge in [-0.3, -0.25) is 4.79 Å². The molecule has 1 heterocycles. The Balaban J connectivity index is 3.50. The van der Waals surface area contributed by atoms with E-state index in [1.54, 1.807) is 13.8 Å². The van der Waals surface area contributed by atoms with Crippen LogP contribution in [0.15, 0.2) is 4.79 Å². The highest BCUT2D eigenvalue weighted by Gasteiger charge is 2.06. The average Bonchev–Trinajstić information content (AvgIpc) is 2.08. The summed E-state index contributed by atoms with van der Waals surface area (Å²) in [5.74, 6) is 0. The highest BCUT2D eigenvalue weighted by molar-refractivity contribution is 6.30. The molecule has 0 spiro atoms. The van der Waals surface area contributed by atoms with Crippen molar-refractivity contribution >= 4 is 11.6 Å². The Morgan fingerprint density at radius 3 is 2.50 bits per heavy atom. The molecule has 3 nitrogen and oxygen atoms in total. The van der Waals surface area contributed by atoms with Crippen LogP contribution in [-0.2, 0) is 6.54 Å². The van der Waals surface area contributed by atoms with Crippen LogP contribution in [0.5, 0.6) is 0 Å². The van der Waals surface area contributed by atoms with Crippen molar-refractivity contribution in [3.8, 4) is 0 Å². The minimum Gasteiger partial charge on any atom is -0.268 e. The van der Waals surface area contributed by atoms with Gasteiger partial charge in [0, 0.05) is 12.1 Å². The number of nitrogens with zero attached hydrogens (tertiary/aromatic N) is 2. The van der Waals surface area contributed by atoms with Gasteiger partial charge in [0.2, 0.25) is 0 Å². The third-order valence-electron chi connectivity index (χ3n) is 1.94. The van der Waals surface area contributed by atoms with E-state index in [-0.39, 0.29) is 5.56 Å². The molecule has 0 N–H and O–H groups in total. The predicted molar refractivity (Wildman–Crippen MR) is 48.7 cm³/mol. The van der Waals surface area contributed by atoms with Crippen molar-refractivity contribution in [2.24, 2.45) is 0 Å². The zero-order chi connectivity index (χ0) is 9.30. The normalized spacial score (nSPS) is 10.3. The molecule has 0 saturated carbocycles. The van der Waals surface area contributed by atoms with Crippen LogP contribution >= 0.6 is 11.6 Å². The molecule has 1 aromatic rings. The minimum absolute atomic E-state index is 0.0561. The third kappa shape index (κ3) is 1.37. The zero-order valence-electron chi connectivity index (χ0n) is 7.39. The molecule has 12 heavy (non-hydrogen) atoms. The van der Waals surface area contributed by atoms with Crippen molar-refractivity contribution in [2.75, 3.05) is 0 Å². The van der Waals surface area contributed by atoms with Gasteiger partial charge in [-0.2, -0.15) is 5.10 Å². The second kappa shape index (κ2) is 3.27. The van der Waals surface area contributed by atoms with E-state index in [0.29, 0.717) is 17.3 Å². The quantitative estimate of drug-likeness (QED) is 0.667. The van der Waals surface area contributed by atoms with Gasteiger partial charge in [0.25, 0.3) is 5.56 Å². The minimum atomic E-state index is -0.0561. The largest absolute Gasteiger partial charge is 0.270 e. The Hall–Kier alpha value is -0.830. The molecule has 0 fully saturated rings. The molecule has 0 aliphatic rings. The Kier molecular flexibility index (Phi) is 2.52. The molecule has 0 unspecified atom stereocenters. The number of aryl methyl sites for hydroxylation is 1. The summed E-state index contributed by atoms with van der Waals surface area (Å²) in [6, 6.07) is 0. The van der Waals surface area contributed by atoms with Gasteiger partial charge < -0.3 is 0 Å². The summed E-state index contributed by atoms with van der Waals surface area (Å²) in [5, 5.41) is 4.33. The number of hydrogen-bond donors (Lipinski definition) is 0. The first-order chi connectivity index (χ1) is 5.57. The van der Waals surface area contributed by atoms with Gasteiger partial charge in [-0.15, -0.1) is 0 Å². The van der Waals surface area contributed by atoms with E-state index < -0.39 is 0 Å². The molecule has 0 aliphatic heterocycles. The summed E-state index contributed by atoms with van der Waals surface area (Å²) in [4.78, 5) is 11.4. The molecule has 0 aliphatic carbocycles. The van der Waals surface area contributed by atoms with Gasteiger partial charge in [-0.1, -0.05) is 11.6 Å². The van der Waals surface area contributed by atoms with E-state index in [9.17, 15) is 4.79 Å². The Morgan fingerprint density at radius 1 is 1.42 bits per heavy atom. The lowest BCUT2D eigenvalue weighted by Gasteiger charge is -2.05. The van der Waals surface area contributed by atoms with Crippen molar-refractivity contribution in [1.29, 1.82) is 0 Å². The van der Waals surface area contributed by atoms with E-state index in [0.717, 1.165) is 5.56 Å². The van der Waals surface area contributed by atoms with Crippen molar-refractivity contribution in [3.63, 3.8) is 0 Å². The van der Waals surface area contributed by atoms with E-state index >= 15 is 0 Å². The summed E-state index contributed by atoms with van der Waals surface area (Å²) >= 11 is 5.80. The zero-order valence-corrected chi connectivity index (χ0v) is 8.14. The van der Waals surface area contributed by atoms with E-state index in [2.05, 4.69) is 5.10 Å². The first kappa shape index (κ1) is 9.26. The fourth-order valence-electron chi connectivity index (χ4n) is 0.949. The predicted octanol–water partition coefficient (Wildman–Crippen LogP) is 1.53. The molecule has 0 saturated heterocycles. The molecule has 0 amide bonds. The first-order valence-corrected chi connectivity index (χ1v) is 4.19. The molecule has 0 bridgehead atoms. The molecule has 0 radical (unpaired) electrons. The number of halogens is 1. The highest BCUT2D eigenvalue weighted by atomic mass is 35.5. The fraction of sp³-hybridized carbons (Fsp3) is 0.500. The lowest BCUT2D eigenvalue weighted by Crippen LogP contribution is -2.25. The molecular weight excluding hydrogens is 176 g/mol. The van der Waals surface area contributed by atoms with Gasteiger partial charge in [0.15, 0.2) is 5.15 Å². The van der Waals surface area contributed by atoms with E-state index in [4.69, 9.17) is 11.6 Å². The van der Waals surface area contributed by atoms with Gasteiger partial charge in [-0.25, -0.2) is 4.68 Å². The molecule has 0 aromatic carbocycles. The van der Waals surface area contributed by atoms with Gasteiger partial charge in [-0.05, 0) is 26.3 Å².